The molecule has 0 aliphatic carbocycles. The molecule has 0 aliphatic heterocycles. The monoisotopic (exact) mass is 257 g/mol. The minimum absolute atomic E-state index is 0.0625. The molecule has 1 unspecified atom stereocenters. The summed E-state index contributed by atoms with van der Waals surface area (Å²) >= 11 is 0. The third kappa shape index (κ3) is 3.12. The van der Waals surface area contributed by atoms with Gasteiger partial charge in [-0.3, -0.25) is 4.79 Å². The Morgan fingerprint density at radius 2 is 1.84 bits per heavy atom. The Morgan fingerprint density at radius 3 is 2.53 bits per heavy atom. The Balaban J connectivity index is 2.20. The number of nitrogens with one attached hydrogen (secondary N) is 1. The van der Waals surface area contributed by atoms with Crippen LogP contribution in [0.3, 0.4) is 0 Å². The smallest absolute Gasteiger partial charge is 0.320 e. The molecule has 0 saturated heterocycles. The van der Waals surface area contributed by atoms with Gasteiger partial charge in [0.25, 0.3) is 0 Å². The highest BCUT2D eigenvalue weighted by Crippen LogP contribution is 2.18. The summed E-state index contributed by atoms with van der Waals surface area (Å²) in [6.07, 6.45) is 0. The van der Waals surface area contributed by atoms with Gasteiger partial charge in [0.15, 0.2) is 0 Å². The average Bonchev–Trinajstić information content (AvgIpc) is 2.38. The summed E-state index contributed by atoms with van der Waals surface area (Å²) in [5, 5.41) is 14.7. The highest BCUT2D eigenvalue weighted by Gasteiger charge is 2.20. The minimum atomic E-state index is -0.796. The summed E-state index contributed by atoms with van der Waals surface area (Å²) in [5.41, 5.74) is 1.13. The Kier molecular flexibility index (Phi) is 4.17. The molecular formula is C16H19NO2. The fourth-order valence-corrected chi connectivity index (χ4v) is 2.27. The predicted octanol–water partition coefficient (Wildman–Crippen LogP) is 3.04. The molecule has 0 spiro atoms. The van der Waals surface area contributed by atoms with Gasteiger partial charge >= 0.3 is 5.97 Å². The number of carboxylic acid groups (broad SMARTS) is 1. The van der Waals surface area contributed by atoms with Gasteiger partial charge in [0.1, 0.15) is 6.04 Å². The minimum Gasteiger partial charge on any atom is -0.480 e. The quantitative estimate of drug-likeness (QED) is 0.865. The van der Waals surface area contributed by atoms with Gasteiger partial charge < -0.3 is 10.4 Å². The molecule has 0 saturated carbocycles. The maximum atomic E-state index is 11.2. The van der Waals surface area contributed by atoms with Crippen LogP contribution in [-0.4, -0.2) is 17.1 Å². The number of benzene rings is 2. The molecule has 0 amide bonds. The lowest BCUT2D eigenvalue weighted by atomic mass is 10.0. The number of carbonyl (C=O) groups is 1. The van der Waals surface area contributed by atoms with Crippen molar-refractivity contribution in [3.8, 4) is 0 Å². The van der Waals surface area contributed by atoms with E-state index >= 15 is 0 Å². The fraction of sp³-hybridized carbons (Fsp3) is 0.312. The van der Waals surface area contributed by atoms with Crippen molar-refractivity contribution in [2.45, 2.75) is 26.4 Å². The number of aliphatic carboxylic acids is 1. The molecule has 0 aromatic heterocycles. The maximum absolute atomic E-state index is 11.2. The van der Waals surface area contributed by atoms with Crippen molar-refractivity contribution in [2.24, 2.45) is 5.92 Å². The molecule has 0 heterocycles. The van der Waals surface area contributed by atoms with E-state index in [2.05, 4.69) is 23.5 Å². The lowest BCUT2D eigenvalue weighted by Crippen LogP contribution is -2.40. The Labute approximate surface area is 113 Å². The van der Waals surface area contributed by atoms with Crippen LogP contribution in [0.1, 0.15) is 19.4 Å². The molecular weight excluding hydrogens is 238 g/mol. The van der Waals surface area contributed by atoms with Crippen LogP contribution in [0.4, 0.5) is 0 Å². The zero-order valence-corrected chi connectivity index (χ0v) is 11.3. The second-order valence-electron chi connectivity index (χ2n) is 5.08. The standard InChI is InChI=1S/C16H19NO2/c1-11(2)15(16(18)19)17-10-13-8-5-7-12-6-3-4-9-14(12)13/h3-9,11,15,17H,10H2,1-2H3,(H,18,19). The van der Waals surface area contributed by atoms with Crippen molar-refractivity contribution < 1.29 is 9.90 Å². The molecule has 3 heteroatoms. The number of fused-ring (bicyclic) bond motifs is 1. The van der Waals surface area contributed by atoms with Crippen molar-refractivity contribution in [3.63, 3.8) is 0 Å². The first kappa shape index (κ1) is 13.6. The zero-order chi connectivity index (χ0) is 13.8. The summed E-state index contributed by atoms with van der Waals surface area (Å²) in [6, 6.07) is 13.7. The molecule has 0 aliphatic rings. The molecule has 0 radical (unpaired) electrons. The molecule has 19 heavy (non-hydrogen) atoms. The van der Waals surface area contributed by atoms with Crippen molar-refractivity contribution in [3.05, 3.63) is 48.0 Å². The molecule has 2 aromatic carbocycles. The number of rotatable bonds is 5. The van der Waals surface area contributed by atoms with Gasteiger partial charge in [0.2, 0.25) is 0 Å². The van der Waals surface area contributed by atoms with Crippen LogP contribution >= 0.6 is 0 Å². The van der Waals surface area contributed by atoms with Crippen LogP contribution in [0.25, 0.3) is 10.8 Å². The van der Waals surface area contributed by atoms with Crippen LogP contribution in [0.5, 0.6) is 0 Å². The van der Waals surface area contributed by atoms with E-state index in [1.807, 2.05) is 38.1 Å². The normalized spacial score (nSPS) is 12.8. The molecule has 2 aromatic rings. The summed E-state index contributed by atoms with van der Waals surface area (Å²) in [5.74, 6) is -0.734. The Bertz CT molecular complexity index is 572. The summed E-state index contributed by atoms with van der Waals surface area (Å²) in [4.78, 5) is 11.2. The molecule has 1 atom stereocenters. The van der Waals surface area contributed by atoms with Crippen LogP contribution in [0, 0.1) is 5.92 Å². The second-order valence-corrected chi connectivity index (χ2v) is 5.08. The second kappa shape index (κ2) is 5.85. The lowest BCUT2D eigenvalue weighted by molar-refractivity contribution is -0.140. The van der Waals surface area contributed by atoms with Gasteiger partial charge in [-0.25, -0.2) is 0 Å². The highest BCUT2D eigenvalue weighted by molar-refractivity contribution is 5.85. The van der Waals surface area contributed by atoms with E-state index < -0.39 is 12.0 Å². The van der Waals surface area contributed by atoms with Gasteiger partial charge in [-0.2, -0.15) is 0 Å². The molecule has 2 N–H and O–H groups in total. The van der Waals surface area contributed by atoms with Gasteiger partial charge in [-0.15, -0.1) is 0 Å². The highest BCUT2D eigenvalue weighted by atomic mass is 16.4. The van der Waals surface area contributed by atoms with Gasteiger partial charge in [0, 0.05) is 6.54 Å². The maximum Gasteiger partial charge on any atom is 0.320 e. The first-order valence-electron chi connectivity index (χ1n) is 6.52. The first-order chi connectivity index (χ1) is 9.09. The van der Waals surface area contributed by atoms with Crippen molar-refractivity contribution in [2.75, 3.05) is 0 Å². The van der Waals surface area contributed by atoms with E-state index in [0.29, 0.717) is 6.54 Å². The molecule has 100 valence electrons. The number of hydrogen-bond acceptors (Lipinski definition) is 2. The van der Waals surface area contributed by atoms with E-state index in [-0.39, 0.29) is 5.92 Å². The molecule has 3 nitrogen and oxygen atoms in total. The summed E-state index contributed by atoms with van der Waals surface area (Å²) in [6.45, 7) is 4.39. The summed E-state index contributed by atoms with van der Waals surface area (Å²) in [7, 11) is 0. The molecule has 2 rings (SSSR count). The van der Waals surface area contributed by atoms with Crippen molar-refractivity contribution in [1.82, 2.24) is 5.32 Å². The molecule has 0 fully saturated rings. The predicted molar refractivity (Wildman–Crippen MR) is 77.0 cm³/mol. The number of carboxylic acids is 1. The average molecular weight is 257 g/mol. The van der Waals surface area contributed by atoms with E-state index in [1.54, 1.807) is 0 Å². The third-order valence-electron chi connectivity index (χ3n) is 3.33. The van der Waals surface area contributed by atoms with Crippen molar-refractivity contribution in [1.29, 1.82) is 0 Å². The Morgan fingerprint density at radius 1 is 1.16 bits per heavy atom. The SMILES string of the molecule is CC(C)C(NCc1cccc2ccccc12)C(=O)O. The fourth-order valence-electron chi connectivity index (χ4n) is 2.27. The van der Waals surface area contributed by atoms with E-state index in [9.17, 15) is 9.90 Å². The van der Waals surface area contributed by atoms with Crippen LogP contribution in [-0.2, 0) is 11.3 Å². The van der Waals surface area contributed by atoms with E-state index in [1.165, 1.54) is 10.8 Å². The third-order valence-corrected chi connectivity index (χ3v) is 3.33. The topological polar surface area (TPSA) is 49.3 Å². The largest absolute Gasteiger partial charge is 0.480 e. The lowest BCUT2D eigenvalue weighted by Gasteiger charge is -2.18. The van der Waals surface area contributed by atoms with Gasteiger partial charge in [-0.05, 0) is 22.3 Å². The van der Waals surface area contributed by atoms with E-state index in [0.717, 1.165) is 5.56 Å². The van der Waals surface area contributed by atoms with Gasteiger partial charge in [-0.1, -0.05) is 56.3 Å². The first-order valence-corrected chi connectivity index (χ1v) is 6.52. The van der Waals surface area contributed by atoms with E-state index in [4.69, 9.17) is 0 Å². The number of hydrogen-bond donors (Lipinski definition) is 2. The van der Waals surface area contributed by atoms with Crippen LogP contribution in [0.2, 0.25) is 0 Å². The zero-order valence-electron chi connectivity index (χ0n) is 11.3. The Hall–Kier alpha value is -1.87. The van der Waals surface area contributed by atoms with Crippen LogP contribution in [0.15, 0.2) is 42.5 Å². The van der Waals surface area contributed by atoms with Crippen LogP contribution < -0.4 is 5.32 Å². The van der Waals surface area contributed by atoms with Gasteiger partial charge in [0.05, 0.1) is 0 Å². The molecule has 0 bridgehead atoms. The van der Waals surface area contributed by atoms with Crippen molar-refractivity contribution >= 4 is 16.7 Å². The summed E-state index contributed by atoms with van der Waals surface area (Å²) < 4.78 is 0.